The Morgan fingerprint density at radius 3 is 2.74 bits per heavy atom. The normalized spacial score (nSPS) is 24.7. The van der Waals surface area contributed by atoms with E-state index >= 15 is 0 Å². The summed E-state index contributed by atoms with van der Waals surface area (Å²) in [6.07, 6.45) is -0.515. The van der Waals surface area contributed by atoms with Crippen molar-refractivity contribution in [2.24, 2.45) is 5.92 Å². The molecule has 0 spiro atoms. The minimum atomic E-state index is -0.665. The van der Waals surface area contributed by atoms with Crippen LogP contribution in [0.2, 0.25) is 0 Å². The second-order valence-electron chi connectivity index (χ2n) is 6.34. The van der Waals surface area contributed by atoms with Gasteiger partial charge in [0.2, 0.25) is 0 Å². The molecule has 1 aliphatic rings. The van der Waals surface area contributed by atoms with Crippen LogP contribution in [0.1, 0.15) is 50.8 Å². The van der Waals surface area contributed by atoms with Gasteiger partial charge in [0.15, 0.2) is 18.0 Å². The lowest BCUT2D eigenvalue weighted by Gasteiger charge is -2.21. The van der Waals surface area contributed by atoms with Gasteiger partial charge in [-0.15, -0.1) is 16.4 Å². The molecule has 27 heavy (non-hydrogen) atoms. The van der Waals surface area contributed by atoms with Gasteiger partial charge in [-0.2, -0.15) is 0 Å². The fraction of sp³-hybridized carbons (Fsp3) is 0.556. The molecule has 0 saturated carbocycles. The number of rotatable bonds is 6. The van der Waals surface area contributed by atoms with Crippen LogP contribution in [0.15, 0.2) is 17.5 Å². The standard InChI is InChI=1S/C18H23N3O5S/c1-5-12-10(3)16(25-11(4)22)17(26-12)21-15(13-8-7-9-27-13)14(19-20-21)18(23)24-6-2/h7-10,12,16-17H,5-6H2,1-4H3/t10-,12-,16-,17-/m1/s1. The van der Waals surface area contributed by atoms with E-state index < -0.39 is 18.3 Å². The SMILES string of the molecule is CCOC(=O)c1nnn([C@@H]2O[C@H](CC)[C@@H](C)[C@H]2OC(C)=O)c1-c1cccs1. The van der Waals surface area contributed by atoms with E-state index in [-0.39, 0.29) is 30.3 Å². The zero-order valence-electron chi connectivity index (χ0n) is 15.7. The Balaban J connectivity index is 2.07. The number of hydrogen-bond acceptors (Lipinski definition) is 8. The zero-order chi connectivity index (χ0) is 19.6. The van der Waals surface area contributed by atoms with Crippen molar-refractivity contribution < 1.29 is 23.8 Å². The maximum Gasteiger partial charge on any atom is 0.361 e. The Bertz CT molecular complexity index is 804. The molecule has 8 nitrogen and oxygen atoms in total. The third-order valence-electron chi connectivity index (χ3n) is 4.56. The summed E-state index contributed by atoms with van der Waals surface area (Å²) in [5.74, 6) is -0.954. The second kappa shape index (κ2) is 8.18. The summed E-state index contributed by atoms with van der Waals surface area (Å²) in [4.78, 5) is 24.8. The topological polar surface area (TPSA) is 92.5 Å². The molecule has 0 aliphatic carbocycles. The summed E-state index contributed by atoms with van der Waals surface area (Å²) >= 11 is 1.45. The molecule has 4 atom stereocenters. The molecule has 9 heteroatoms. The summed E-state index contributed by atoms with van der Waals surface area (Å²) in [5, 5.41) is 10.1. The number of aromatic nitrogens is 3. The number of ether oxygens (including phenoxy) is 3. The van der Waals surface area contributed by atoms with Crippen LogP contribution in [0.25, 0.3) is 10.6 Å². The monoisotopic (exact) mass is 393 g/mol. The largest absolute Gasteiger partial charge is 0.461 e. The van der Waals surface area contributed by atoms with Gasteiger partial charge in [0.25, 0.3) is 0 Å². The smallest absolute Gasteiger partial charge is 0.361 e. The minimum Gasteiger partial charge on any atom is -0.461 e. The van der Waals surface area contributed by atoms with Crippen molar-refractivity contribution in [1.82, 2.24) is 15.0 Å². The molecule has 2 aromatic heterocycles. The third kappa shape index (κ3) is 3.74. The summed E-state index contributed by atoms with van der Waals surface area (Å²) in [6.45, 7) is 7.34. The molecule has 0 unspecified atom stereocenters. The predicted molar refractivity (Wildman–Crippen MR) is 98.2 cm³/mol. The van der Waals surface area contributed by atoms with Crippen molar-refractivity contribution in [1.29, 1.82) is 0 Å². The van der Waals surface area contributed by atoms with Gasteiger partial charge < -0.3 is 14.2 Å². The molecule has 0 N–H and O–H groups in total. The lowest BCUT2D eigenvalue weighted by Crippen LogP contribution is -2.30. The van der Waals surface area contributed by atoms with Gasteiger partial charge in [-0.1, -0.05) is 25.1 Å². The molecule has 1 saturated heterocycles. The van der Waals surface area contributed by atoms with Crippen molar-refractivity contribution in [3.05, 3.63) is 23.2 Å². The lowest BCUT2D eigenvalue weighted by molar-refractivity contribution is -0.154. The van der Waals surface area contributed by atoms with Crippen LogP contribution in [-0.2, 0) is 19.0 Å². The molecule has 0 aromatic carbocycles. The Morgan fingerprint density at radius 1 is 1.37 bits per heavy atom. The van der Waals surface area contributed by atoms with E-state index in [0.29, 0.717) is 5.69 Å². The Morgan fingerprint density at radius 2 is 2.15 bits per heavy atom. The van der Waals surface area contributed by atoms with Gasteiger partial charge >= 0.3 is 11.9 Å². The van der Waals surface area contributed by atoms with Crippen LogP contribution in [0.5, 0.6) is 0 Å². The fourth-order valence-electron chi connectivity index (χ4n) is 3.33. The van der Waals surface area contributed by atoms with Crippen LogP contribution < -0.4 is 0 Å². The number of hydrogen-bond donors (Lipinski definition) is 0. The number of carbonyl (C=O) groups is 2. The van der Waals surface area contributed by atoms with Crippen LogP contribution in [-0.4, -0.2) is 45.7 Å². The average Bonchev–Trinajstić information content (AvgIpc) is 3.34. The molecule has 1 aliphatic heterocycles. The third-order valence-corrected chi connectivity index (χ3v) is 5.44. The Labute approximate surface area is 161 Å². The highest BCUT2D eigenvalue weighted by Gasteiger charge is 2.46. The molecule has 2 aromatic rings. The second-order valence-corrected chi connectivity index (χ2v) is 7.28. The molecule has 0 bridgehead atoms. The molecule has 0 amide bonds. The van der Waals surface area contributed by atoms with Gasteiger partial charge in [-0.25, -0.2) is 9.48 Å². The Kier molecular flexibility index (Phi) is 5.91. The Hall–Kier alpha value is -2.26. The number of nitrogens with zero attached hydrogens (tertiary/aromatic N) is 3. The van der Waals surface area contributed by atoms with Crippen LogP contribution in [0.3, 0.4) is 0 Å². The van der Waals surface area contributed by atoms with Gasteiger partial charge in [0.1, 0.15) is 5.69 Å². The van der Waals surface area contributed by atoms with Crippen LogP contribution in [0.4, 0.5) is 0 Å². The molecule has 0 radical (unpaired) electrons. The first-order valence-electron chi connectivity index (χ1n) is 8.96. The molecular formula is C18H23N3O5S. The van der Waals surface area contributed by atoms with Crippen LogP contribution >= 0.6 is 11.3 Å². The van der Waals surface area contributed by atoms with Crippen molar-refractivity contribution in [3.63, 3.8) is 0 Å². The van der Waals surface area contributed by atoms with Crippen molar-refractivity contribution in [2.45, 2.75) is 52.6 Å². The maximum atomic E-state index is 12.4. The number of carbonyl (C=O) groups excluding carboxylic acids is 2. The van der Waals surface area contributed by atoms with E-state index in [1.165, 1.54) is 22.9 Å². The minimum absolute atomic E-state index is 0.0182. The van der Waals surface area contributed by atoms with Crippen molar-refractivity contribution >= 4 is 23.3 Å². The van der Waals surface area contributed by atoms with E-state index in [1.807, 2.05) is 31.4 Å². The number of thiophene rings is 1. The van der Waals surface area contributed by atoms with Gasteiger partial charge in [0.05, 0.1) is 17.6 Å². The van der Waals surface area contributed by atoms with E-state index in [9.17, 15) is 9.59 Å². The van der Waals surface area contributed by atoms with Crippen LogP contribution in [0, 0.1) is 5.92 Å². The quantitative estimate of drug-likeness (QED) is 0.696. The van der Waals surface area contributed by atoms with Gasteiger partial charge in [-0.3, -0.25) is 4.79 Å². The zero-order valence-corrected chi connectivity index (χ0v) is 16.6. The van der Waals surface area contributed by atoms with Crippen molar-refractivity contribution in [3.8, 4) is 10.6 Å². The summed E-state index contributed by atoms with van der Waals surface area (Å²) < 4.78 is 18.4. The highest BCUT2D eigenvalue weighted by atomic mass is 32.1. The van der Waals surface area contributed by atoms with Gasteiger partial charge in [-0.05, 0) is 24.8 Å². The van der Waals surface area contributed by atoms with E-state index in [4.69, 9.17) is 14.2 Å². The predicted octanol–water partition coefficient (Wildman–Crippen LogP) is 3.06. The highest BCUT2D eigenvalue weighted by molar-refractivity contribution is 7.13. The van der Waals surface area contributed by atoms with E-state index in [2.05, 4.69) is 10.3 Å². The van der Waals surface area contributed by atoms with Crippen molar-refractivity contribution in [2.75, 3.05) is 6.61 Å². The van der Waals surface area contributed by atoms with Gasteiger partial charge in [0, 0.05) is 12.8 Å². The number of esters is 2. The summed E-state index contributed by atoms with van der Waals surface area (Å²) in [5.41, 5.74) is 0.631. The average molecular weight is 393 g/mol. The lowest BCUT2D eigenvalue weighted by atomic mass is 9.98. The summed E-state index contributed by atoms with van der Waals surface area (Å²) in [6, 6.07) is 3.75. The van der Waals surface area contributed by atoms with E-state index in [0.717, 1.165) is 11.3 Å². The molecular weight excluding hydrogens is 370 g/mol. The molecule has 146 valence electrons. The van der Waals surface area contributed by atoms with E-state index in [1.54, 1.807) is 6.92 Å². The first-order chi connectivity index (χ1) is 13.0. The maximum absolute atomic E-state index is 12.4. The first kappa shape index (κ1) is 19.5. The fourth-order valence-corrected chi connectivity index (χ4v) is 4.09. The first-order valence-corrected chi connectivity index (χ1v) is 9.84. The molecule has 1 fully saturated rings. The highest BCUT2D eigenvalue weighted by Crippen LogP contribution is 2.40. The molecule has 3 heterocycles. The summed E-state index contributed by atoms with van der Waals surface area (Å²) in [7, 11) is 0. The molecule has 3 rings (SSSR count).